The molecule has 0 aliphatic carbocycles. The van der Waals surface area contributed by atoms with Gasteiger partial charge < -0.3 is 19.3 Å². The molecule has 2 aliphatic rings. The van der Waals surface area contributed by atoms with Gasteiger partial charge in [0, 0.05) is 37.9 Å². The van der Waals surface area contributed by atoms with Crippen molar-refractivity contribution in [3.05, 3.63) is 88.6 Å². The van der Waals surface area contributed by atoms with E-state index in [1.54, 1.807) is 6.07 Å². The van der Waals surface area contributed by atoms with Crippen LogP contribution in [0, 0.1) is 6.92 Å². The molecule has 1 fully saturated rings. The van der Waals surface area contributed by atoms with E-state index >= 15 is 0 Å². The topological polar surface area (TPSA) is 98.9 Å². The molecular formula is C31H32N4O5. The average molecular weight is 541 g/mol. The first kappa shape index (κ1) is 26.0. The zero-order valence-electron chi connectivity index (χ0n) is 22.7. The number of hydrogen-bond acceptors (Lipinski definition) is 7. The highest BCUT2D eigenvalue weighted by atomic mass is 16.5. The largest absolute Gasteiger partial charge is 0.488 e. The molecule has 206 valence electrons. The maximum Gasteiger partial charge on any atom is 0.342 e. The van der Waals surface area contributed by atoms with Gasteiger partial charge in [0.15, 0.2) is 5.82 Å². The molecule has 0 amide bonds. The summed E-state index contributed by atoms with van der Waals surface area (Å²) in [6.45, 7) is 6.14. The number of carbonyl (C=O) groups is 1. The Morgan fingerprint density at radius 3 is 2.67 bits per heavy atom. The van der Waals surface area contributed by atoms with Crippen molar-refractivity contribution >= 4 is 5.97 Å². The SMILES string of the molecule is COc1c(C(=O)O)cnn1-c1cccc(-c2cccc(C)c2OCc2ccc3c(c2)CN(C2CCOCC2)C3)n1. The van der Waals surface area contributed by atoms with Crippen molar-refractivity contribution in [2.75, 3.05) is 20.3 Å². The first-order valence-corrected chi connectivity index (χ1v) is 13.5. The number of aromatic nitrogens is 3. The number of aromatic carboxylic acids is 1. The van der Waals surface area contributed by atoms with Gasteiger partial charge in [-0.15, -0.1) is 0 Å². The predicted octanol–water partition coefficient (Wildman–Crippen LogP) is 5.02. The molecule has 6 rings (SSSR count). The van der Waals surface area contributed by atoms with Crippen LogP contribution in [0.25, 0.3) is 17.1 Å². The number of para-hydroxylation sites is 1. The molecule has 0 radical (unpaired) electrons. The van der Waals surface area contributed by atoms with E-state index in [1.165, 1.54) is 29.1 Å². The Balaban J connectivity index is 1.23. The minimum atomic E-state index is -1.11. The predicted molar refractivity (Wildman–Crippen MR) is 149 cm³/mol. The second-order valence-electron chi connectivity index (χ2n) is 10.3. The van der Waals surface area contributed by atoms with E-state index in [0.29, 0.717) is 24.2 Å². The number of fused-ring (bicyclic) bond motifs is 1. The molecule has 0 atom stereocenters. The maximum atomic E-state index is 11.6. The number of pyridine rings is 1. The van der Waals surface area contributed by atoms with Crippen molar-refractivity contribution in [3.63, 3.8) is 0 Å². The lowest BCUT2D eigenvalue weighted by Crippen LogP contribution is -2.35. The lowest BCUT2D eigenvalue weighted by atomic mass is 10.1. The summed E-state index contributed by atoms with van der Waals surface area (Å²) >= 11 is 0. The number of hydrogen-bond donors (Lipinski definition) is 1. The normalized spacial score (nSPS) is 15.7. The van der Waals surface area contributed by atoms with Gasteiger partial charge in [-0.3, -0.25) is 4.90 Å². The molecule has 40 heavy (non-hydrogen) atoms. The summed E-state index contributed by atoms with van der Waals surface area (Å²) in [6, 6.07) is 18.8. The van der Waals surface area contributed by atoms with Crippen molar-refractivity contribution in [3.8, 4) is 28.7 Å². The summed E-state index contributed by atoms with van der Waals surface area (Å²) in [7, 11) is 1.41. The van der Waals surface area contributed by atoms with Crippen LogP contribution in [0.1, 0.15) is 45.5 Å². The Morgan fingerprint density at radius 1 is 1.07 bits per heavy atom. The monoisotopic (exact) mass is 540 g/mol. The molecule has 0 saturated carbocycles. The van der Waals surface area contributed by atoms with Crippen LogP contribution >= 0.6 is 0 Å². The molecule has 4 heterocycles. The third-order valence-electron chi connectivity index (χ3n) is 7.70. The van der Waals surface area contributed by atoms with E-state index in [9.17, 15) is 9.90 Å². The molecule has 1 saturated heterocycles. The van der Waals surface area contributed by atoms with Crippen molar-refractivity contribution < 1.29 is 24.1 Å². The quantitative estimate of drug-likeness (QED) is 0.333. The van der Waals surface area contributed by atoms with Gasteiger partial charge in [0.1, 0.15) is 17.9 Å². The van der Waals surface area contributed by atoms with Crippen molar-refractivity contribution in [1.82, 2.24) is 19.7 Å². The zero-order valence-corrected chi connectivity index (χ0v) is 22.7. The maximum absolute atomic E-state index is 11.6. The van der Waals surface area contributed by atoms with Gasteiger partial charge in [-0.25, -0.2) is 9.78 Å². The summed E-state index contributed by atoms with van der Waals surface area (Å²) in [5.41, 5.74) is 6.41. The molecule has 0 spiro atoms. The molecule has 0 unspecified atom stereocenters. The molecular weight excluding hydrogens is 508 g/mol. The fraction of sp³-hybridized carbons (Fsp3) is 0.323. The number of benzene rings is 2. The number of rotatable bonds is 8. The van der Waals surface area contributed by atoms with Crippen molar-refractivity contribution in [2.45, 2.75) is 45.5 Å². The van der Waals surface area contributed by atoms with E-state index in [2.05, 4.69) is 28.2 Å². The fourth-order valence-electron chi connectivity index (χ4n) is 5.61. The highest BCUT2D eigenvalue weighted by molar-refractivity contribution is 5.90. The Morgan fingerprint density at radius 2 is 1.88 bits per heavy atom. The Bertz CT molecular complexity index is 1540. The first-order chi connectivity index (χ1) is 19.5. The first-order valence-electron chi connectivity index (χ1n) is 13.5. The van der Waals surface area contributed by atoms with E-state index in [-0.39, 0.29) is 11.4 Å². The number of ether oxygens (including phenoxy) is 3. The molecule has 0 bridgehead atoms. The van der Waals surface area contributed by atoms with Gasteiger partial charge >= 0.3 is 5.97 Å². The van der Waals surface area contributed by atoms with E-state index in [1.807, 2.05) is 37.3 Å². The van der Waals surface area contributed by atoms with Gasteiger partial charge in [-0.1, -0.05) is 36.4 Å². The number of aryl methyl sites for hydroxylation is 1. The summed E-state index contributed by atoms with van der Waals surface area (Å²) in [5, 5.41) is 13.7. The second kappa shape index (κ2) is 11.1. The Labute approximate surface area is 232 Å². The highest BCUT2D eigenvalue weighted by Crippen LogP contribution is 2.34. The minimum Gasteiger partial charge on any atom is -0.488 e. The molecule has 2 aliphatic heterocycles. The van der Waals surface area contributed by atoms with Crippen molar-refractivity contribution in [1.29, 1.82) is 0 Å². The third-order valence-corrected chi connectivity index (χ3v) is 7.70. The highest BCUT2D eigenvalue weighted by Gasteiger charge is 2.27. The number of nitrogens with zero attached hydrogens (tertiary/aromatic N) is 4. The van der Waals surface area contributed by atoms with Crippen molar-refractivity contribution in [2.24, 2.45) is 0 Å². The van der Waals surface area contributed by atoms with Crippen LogP contribution in [0.4, 0.5) is 0 Å². The molecule has 9 heteroatoms. The van der Waals surface area contributed by atoms with Gasteiger partial charge in [0.05, 0.1) is 19.0 Å². The standard InChI is InChI=1S/C31H32N4O5/c1-20-5-3-6-25(27-7-4-8-28(33-27)35-30(38-2)26(16-32-35)31(36)37)29(20)40-19-21-9-10-22-17-34(18-23(22)15-21)24-11-13-39-14-12-24/h3-10,15-16,24H,11-14,17-19H2,1-2H3,(H,36,37). The van der Waals surface area contributed by atoms with E-state index in [0.717, 1.165) is 61.6 Å². The summed E-state index contributed by atoms with van der Waals surface area (Å²) in [4.78, 5) is 18.9. The third kappa shape index (κ3) is 5.05. The van der Waals surface area contributed by atoms with Crippen LogP contribution in [0.15, 0.2) is 60.8 Å². The van der Waals surface area contributed by atoms with Crippen LogP contribution in [0.3, 0.4) is 0 Å². The fourth-order valence-corrected chi connectivity index (χ4v) is 5.61. The van der Waals surface area contributed by atoms with Gasteiger partial charge in [-0.05, 0) is 60.2 Å². The second-order valence-corrected chi connectivity index (χ2v) is 10.3. The smallest absolute Gasteiger partial charge is 0.342 e. The minimum absolute atomic E-state index is 0.0282. The van der Waals surface area contributed by atoms with Crippen LogP contribution in [-0.2, 0) is 24.4 Å². The van der Waals surface area contributed by atoms with Gasteiger partial charge in [-0.2, -0.15) is 9.78 Å². The molecule has 4 aromatic rings. The summed E-state index contributed by atoms with van der Waals surface area (Å²) in [5.74, 6) is 0.207. The van der Waals surface area contributed by atoms with Crippen LogP contribution in [-0.4, -0.2) is 57.1 Å². The molecule has 9 nitrogen and oxygen atoms in total. The number of methoxy groups -OCH3 is 1. The lowest BCUT2D eigenvalue weighted by molar-refractivity contribution is 0.0326. The average Bonchev–Trinajstić information content (AvgIpc) is 3.61. The van der Waals surface area contributed by atoms with E-state index in [4.69, 9.17) is 19.2 Å². The number of carboxylic acids is 1. The summed E-state index contributed by atoms with van der Waals surface area (Å²) in [6.07, 6.45) is 3.46. The number of carboxylic acid groups (broad SMARTS) is 1. The van der Waals surface area contributed by atoms with E-state index < -0.39 is 5.97 Å². The Hall–Kier alpha value is -4.21. The van der Waals surface area contributed by atoms with Crippen LogP contribution < -0.4 is 9.47 Å². The van der Waals surface area contributed by atoms with Crippen LogP contribution in [0.2, 0.25) is 0 Å². The van der Waals surface area contributed by atoms with Gasteiger partial charge in [0.25, 0.3) is 0 Å². The van der Waals surface area contributed by atoms with Gasteiger partial charge in [0.2, 0.25) is 5.88 Å². The Kier molecular flexibility index (Phi) is 7.23. The molecule has 2 aromatic carbocycles. The van der Waals surface area contributed by atoms with Crippen LogP contribution in [0.5, 0.6) is 11.6 Å². The molecule has 2 aromatic heterocycles. The zero-order chi connectivity index (χ0) is 27.6. The lowest BCUT2D eigenvalue weighted by Gasteiger charge is -2.30. The summed E-state index contributed by atoms with van der Waals surface area (Å²) < 4.78 is 18.7. The molecule has 1 N–H and O–H groups in total.